The second-order valence-corrected chi connectivity index (χ2v) is 6.51. The van der Waals surface area contributed by atoms with E-state index < -0.39 is 0 Å². The van der Waals surface area contributed by atoms with Gasteiger partial charge in [0.05, 0.1) is 5.39 Å². The van der Waals surface area contributed by atoms with Gasteiger partial charge in [-0.25, -0.2) is 4.98 Å². The Bertz CT molecular complexity index is 792. The van der Waals surface area contributed by atoms with E-state index in [4.69, 9.17) is 5.73 Å². The number of pyridine rings is 1. The summed E-state index contributed by atoms with van der Waals surface area (Å²) in [6, 6.07) is 10.6. The number of nitrogen functional groups attached to an aromatic ring is 1. The Morgan fingerprint density at radius 1 is 1.10 bits per heavy atom. The Kier molecular flexibility index (Phi) is 2.97. The molecule has 108 valence electrons. The molecule has 4 heteroatoms. The smallest absolute Gasteiger partial charge is 0.184 e. The van der Waals surface area contributed by atoms with Crippen LogP contribution in [0.5, 0.6) is 0 Å². The molecule has 0 amide bonds. The van der Waals surface area contributed by atoms with Crippen molar-refractivity contribution in [3.8, 4) is 11.1 Å². The number of fused-ring (bicyclic) bond motifs is 1. The average molecular weight is 280 g/mol. The van der Waals surface area contributed by atoms with Crippen molar-refractivity contribution in [2.24, 2.45) is 0 Å². The fourth-order valence-electron chi connectivity index (χ4n) is 2.39. The maximum Gasteiger partial charge on any atom is 0.184 e. The maximum atomic E-state index is 6.05. The summed E-state index contributed by atoms with van der Waals surface area (Å²) in [6.45, 7) is 8.53. The van der Waals surface area contributed by atoms with Crippen LogP contribution in [0, 0.1) is 6.92 Å². The molecular weight excluding hydrogens is 260 g/mol. The van der Waals surface area contributed by atoms with Gasteiger partial charge in [0.2, 0.25) is 0 Å². The number of benzene rings is 1. The summed E-state index contributed by atoms with van der Waals surface area (Å²) in [5, 5.41) is 7.97. The Morgan fingerprint density at radius 3 is 2.38 bits per heavy atom. The molecule has 21 heavy (non-hydrogen) atoms. The molecule has 4 nitrogen and oxygen atoms in total. The van der Waals surface area contributed by atoms with Gasteiger partial charge in [-0.3, -0.25) is 5.10 Å². The third-order valence-electron chi connectivity index (χ3n) is 3.68. The van der Waals surface area contributed by atoms with Crippen molar-refractivity contribution in [3.63, 3.8) is 0 Å². The minimum absolute atomic E-state index is 0.0403. The first-order valence-electron chi connectivity index (χ1n) is 7.08. The molecule has 2 heterocycles. The number of hydrogen-bond donors (Lipinski definition) is 2. The van der Waals surface area contributed by atoms with Crippen molar-refractivity contribution < 1.29 is 0 Å². The molecule has 0 saturated carbocycles. The zero-order chi connectivity index (χ0) is 15.2. The maximum absolute atomic E-state index is 6.05. The van der Waals surface area contributed by atoms with Crippen molar-refractivity contribution in [1.82, 2.24) is 15.2 Å². The van der Waals surface area contributed by atoms with Gasteiger partial charge in [-0.05, 0) is 24.1 Å². The number of nitrogens with zero attached hydrogens (tertiary/aromatic N) is 2. The van der Waals surface area contributed by atoms with Crippen molar-refractivity contribution in [1.29, 1.82) is 0 Å². The van der Waals surface area contributed by atoms with Crippen LogP contribution in [0.3, 0.4) is 0 Å². The summed E-state index contributed by atoms with van der Waals surface area (Å²) in [6.07, 6.45) is 0. The molecule has 0 atom stereocenters. The van der Waals surface area contributed by atoms with Crippen molar-refractivity contribution >= 4 is 16.9 Å². The fraction of sp³-hybridized carbons (Fsp3) is 0.294. The number of hydrogen-bond acceptors (Lipinski definition) is 3. The van der Waals surface area contributed by atoms with E-state index in [1.807, 2.05) is 0 Å². The van der Waals surface area contributed by atoms with Crippen LogP contribution < -0.4 is 5.73 Å². The average Bonchev–Trinajstić information content (AvgIpc) is 2.80. The number of aryl methyl sites for hydroxylation is 1. The highest BCUT2D eigenvalue weighted by Crippen LogP contribution is 2.34. The second-order valence-electron chi connectivity index (χ2n) is 6.51. The van der Waals surface area contributed by atoms with Crippen LogP contribution in [0.4, 0.5) is 5.82 Å². The highest BCUT2D eigenvalue weighted by molar-refractivity contribution is 6.00. The van der Waals surface area contributed by atoms with Crippen LogP contribution in [0.1, 0.15) is 32.0 Å². The van der Waals surface area contributed by atoms with E-state index in [-0.39, 0.29) is 5.41 Å². The Balaban J connectivity index is 2.33. The standard InChI is InChI=1S/C17H20N4/c1-10-5-7-11(8-6-10)12-9-13(17(2,3)4)19-16-14(12)15(18)20-21-16/h5-9H,1-4H3,(H3,18,19,20,21). The SMILES string of the molecule is Cc1ccc(-c2cc(C(C)(C)C)nc3n[nH]c(N)c23)cc1. The van der Waals surface area contributed by atoms with Crippen LogP contribution in [0.25, 0.3) is 22.2 Å². The second kappa shape index (κ2) is 4.58. The predicted molar refractivity (Wildman–Crippen MR) is 87.2 cm³/mol. The van der Waals surface area contributed by atoms with Crippen molar-refractivity contribution in [2.45, 2.75) is 33.1 Å². The molecule has 0 spiro atoms. The summed E-state index contributed by atoms with van der Waals surface area (Å²) in [5.41, 5.74) is 11.1. The lowest BCUT2D eigenvalue weighted by molar-refractivity contribution is 0.571. The Labute approximate surface area is 124 Å². The highest BCUT2D eigenvalue weighted by Gasteiger charge is 2.20. The monoisotopic (exact) mass is 280 g/mol. The number of nitrogens with two attached hydrogens (primary N) is 1. The van der Waals surface area contributed by atoms with Gasteiger partial charge in [-0.2, -0.15) is 5.10 Å². The first kappa shape index (κ1) is 13.6. The summed E-state index contributed by atoms with van der Waals surface area (Å²) in [4.78, 5) is 4.65. The molecule has 3 rings (SSSR count). The lowest BCUT2D eigenvalue weighted by Crippen LogP contribution is -2.13. The molecule has 0 bridgehead atoms. The Hall–Kier alpha value is -2.36. The molecule has 2 aromatic heterocycles. The molecule has 0 aliphatic carbocycles. The minimum atomic E-state index is -0.0403. The summed E-state index contributed by atoms with van der Waals surface area (Å²) >= 11 is 0. The number of nitrogens with one attached hydrogen (secondary N) is 1. The summed E-state index contributed by atoms with van der Waals surface area (Å²) in [5.74, 6) is 0.563. The number of aromatic nitrogens is 3. The normalized spacial score (nSPS) is 12.0. The van der Waals surface area contributed by atoms with E-state index in [0.29, 0.717) is 11.5 Å². The topological polar surface area (TPSA) is 67.6 Å². The number of aromatic amines is 1. The van der Waals surface area contributed by atoms with Gasteiger partial charge < -0.3 is 5.73 Å². The van der Waals surface area contributed by atoms with Gasteiger partial charge >= 0.3 is 0 Å². The third kappa shape index (κ3) is 2.37. The van der Waals surface area contributed by atoms with Gasteiger partial charge in [0, 0.05) is 11.1 Å². The van der Waals surface area contributed by atoms with Crippen LogP contribution in [-0.4, -0.2) is 15.2 Å². The number of rotatable bonds is 1. The third-order valence-corrected chi connectivity index (χ3v) is 3.68. The first-order chi connectivity index (χ1) is 9.86. The molecule has 0 saturated heterocycles. The largest absolute Gasteiger partial charge is 0.383 e. The van der Waals surface area contributed by atoms with Gasteiger partial charge in [-0.1, -0.05) is 50.6 Å². The highest BCUT2D eigenvalue weighted by atomic mass is 15.2. The van der Waals surface area contributed by atoms with E-state index in [0.717, 1.165) is 22.2 Å². The van der Waals surface area contributed by atoms with Gasteiger partial charge in [0.1, 0.15) is 5.82 Å². The zero-order valence-electron chi connectivity index (χ0n) is 12.9. The summed E-state index contributed by atoms with van der Waals surface area (Å²) < 4.78 is 0. The molecule has 0 unspecified atom stereocenters. The van der Waals surface area contributed by atoms with Crippen LogP contribution >= 0.6 is 0 Å². The first-order valence-corrected chi connectivity index (χ1v) is 7.08. The van der Waals surface area contributed by atoms with E-state index in [9.17, 15) is 0 Å². The van der Waals surface area contributed by atoms with Crippen LogP contribution in [-0.2, 0) is 5.41 Å². The Morgan fingerprint density at radius 2 is 1.76 bits per heavy atom. The molecule has 0 aliphatic rings. The number of anilines is 1. The van der Waals surface area contributed by atoms with Crippen molar-refractivity contribution in [3.05, 3.63) is 41.6 Å². The van der Waals surface area contributed by atoms with E-state index in [1.165, 1.54) is 5.56 Å². The van der Waals surface area contributed by atoms with Crippen molar-refractivity contribution in [2.75, 3.05) is 5.73 Å². The van der Waals surface area contributed by atoms with Gasteiger partial charge in [-0.15, -0.1) is 0 Å². The van der Waals surface area contributed by atoms with E-state index in [1.54, 1.807) is 0 Å². The van der Waals surface area contributed by atoms with Crippen LogP contribution in [0.2, 0.25) is 0 Å². The molecule has 3 aromatic rings. The molecule has 0 fully saturated rings. The predicted octanol–water partition coefficient (Wildman–Crippen LogP) is 3.81. The van der Waals surface area contributed by atoms with Gasteiger partial charge in [0.25, 0.3) is 0 Å². The molecule has 0 radical (unpaired) electrons. The fourth-order valence-corrected chi connectivity index (χ4v) is 2.39. The molecular formula is C17H20N4. The molecule has 3 N–H and O–H groups in total. The number of H-pyrrole nitrogens is 1. The van der Waals surface area contributed by atoms with E-state index in [2.05, 4.69) is 73.2 Å². The summed E-state index contributed by atoms with van der Waals surface area (Å²) in [7, 11) is 0. The zero-order valence-corrected chi connectivity index (χ0v) is 12.9. The minimum Gasteiger partial charge on any atom is -0.383 e. The molecule has 0 aliphatic heterocycles. The van der Waals surface area contributed by atoms with Crippen LogP contribution in [0.15, 0.2) is 30.3 Å². The lowest BCUT2D eigenvalue weighted by atomic mass is 9.89. The molecule has 1 aromatic carbocycles. The quantitative estimate of drug-likeness (QED) is 0.712. The van der Waals surface area contributed by atoms with Gasteiger partial charge in [0.15, 0.2) is 5.65 Å². The lowest BCUT2D eigenvalue weighted by Gasteiger charge is -2.19. The van der Waals surface area contributed by atoms with E-state index >= 15 is 0 Å².